The van der Waals surface area contributed by atoms with E-state index in [0.717, 1.165) is 12.1 Å². The van der Waals surface area contributed by atoms with Crippen LogP contribution in [-0.2, 0) is 13.5 Å². The molecule has 1 atom stereocenters. The molecule has 0 aliphatic carbocycles. The number of para-hydroxylation sites is 1. The Morgan fingerprint density at radius 1 is 1.43 bits per heavy atom. The van der Waals surface area contributed by atoms with Crippen LogP contribution >= 0.6 is 0 Å². The third-order valence-corrected chi connectivity index (χ3v) is 3.25. The van der Waals surface area contributed by atoms with Gasteiger partial charge in [-0.15, -0.1) is 0 Å². The summed E-state index contributed by atoms with van der Waals surface area (Å²) in [5.41, 5.74) is 0.902. The van der Waals surface area contributed by atoms with Gasteiger partial charge in [-0.1, -0.05) is 19.1 Å². The van der Waals surface area contributed by atoms with Crippen molar-refractivity contribution in [3.63, 3.8) is 0 Å². The van der Waals surface area contributed by atoms with Crippen LogP contribution in [0.25, 0.3) is 0 Å². The second-order valence-corrected chi connectivity index (χ2v) is 5.19. The lowest BCUT2D eigenvalue weighted by Gasteiger charge is -2.16. The summed E-state index contributed by atoms with van der Waals surface area (Å²) < 4.78 is 20.5. The fourth-order valence-electron chi connectivity index (χ4n) is 2.01. The van der Waals surface area contributed by atoms with Crippen LogP contribution in [-0.4, -0.2) is 28.5 Å². The van der Waals surface area contributed by atoms with Crippen molar-refractivity contribution in [1.82, 2.24) is 15.1 Å². The number of carbonyl (C=O) groups is 1. The van der Waals surface area contributed by atoms with Crippen molar-refractivity contribution in [3.8, 4) is 5.75 Å². The lowest BCUT2D eigenvalue weighted by Crippen LogP contribution is -2.36. The van der Waals surface area contributed by atoms with Gasteiger partial charge in [-0.3, -0.25) is 10.00 Å². The topological polar surface area (TPSA) is 68.2 Å². The molecule has 1 heterocycles. The predicted octanol–water partition coefficient (Wildman–Crippen LogP) is 2.71. The number of rotatable bonds is 6. The smallest absolute Gasteiger partial charge is 0.320 e. The lowest BCUT2D eigenvalue weighted by molar-refractivity contribution is 0.205. The van der Waals surface area contributed by atoms with Crippen LogP contribution in [0.4, 0.5) is 15.0 Å². The fourth-order valence-corrected chi connectivity index (χ4v) is 2.01. The van der Waals surface area contributed by atoms with Crippen LogP contribution in [0.3, 0.4) is 0 Å². The van der Waals surface area contributed by atoms with Crippen molar-refractivity contribution in [2.75, 3.05) is 11.9 Å². The molecule has 0 aliphatic heterocycles. The van der Waals surface area contributed by atoms with Crippen molar-refractivity contribution in [2.45, 2.75) is 26.4 Å². The van der Waals surface area contributed by atoms with Gasteiger partial charge < -0.3 is 10.1 Å². The highest BCUT2D eigenvalue weighted by Crippen LogP contribution is 2.16. The van der Waals surface area contributed by atoms with Gasteiger partial charge in [-0.25, -0.2) is 9.18 Å². The first-order chi connectivity index (χ1) is 11.0. The number of hydrogen-bond donors (Lipinski definition) is 2. The van der Waals surface area contributed by atoms with E-state index < -0.39 is 5.82 Å². The normalized spacial score (nSPS) is 11.8. The summed E-state index contributed by atoms with van der Waals surface area (Å²) in [4.78, 5) is 11.9. The van der Waals surface area contributed by atoms with Crippen LogP contribution in [0.2, 0.25) is 0 Å². The van der Waals surface area contributed by atoms with Crippen molar-refractivity contribution < 1.29 is 13.9 Å². The first-order valence-electron chi connectivity index (χ1n) is 7.48. The molecule has 0 fully saturated rings. The highest BCUT2D eigenvalue weighted by molar-refractivity contribution is 5.88. The molecule has 0 spiro atoms. The molecule has 0 saturated carbocycles. The molecule has 124 valence electrons. The maximum Gasteiger partial charge on any atom is 0.320 e. The van der Waals surface area contributed by atoms with E-state index in [9.17, 15) is 9.18 Å². The Morgan fingerprint density at radius 3 is 2.83 bits per heavy atom. The minimum absolute atomic E-state index is 0.168. The summed E-state index contributed by atoms with van der Waals surface area (Å²) in [5.74, 6) is 0.356. The Labute approximate surface area is 134 Å². The van der Waals surface area contributed by atoms with E-state index in [4.69, 9.17) is 4.74 Å². The van der Waals surface area contributed by atoms with Crippen LogP contribution in [0.5, 0.6) is 5.75 Å². The Kier molecular flexibility index (Phi) is 5.56. The average molecular weight is 320 g/mol. The molecule has 0 radical (unpaired) electrons. The highest BCUT2D eigenvalue weighted by Gasteiger charge is 2.11. The second-order valence-electron chi connectivity index (χ2n) is 5.19. The number of carbonyl (C=O) groups excluding carboxylic acids is 1. The second kappa shape index (κ2) is 7.62. The molecule has 23 heavy (non-hydrogen) atoms. The number of anilines is 1. The first-order valence-corrected chi connectivity index (χ1v) is 7.48. The Hall–Kier alpha value is -2.57. The molecular weight excluding hydrogens is 299 g/mol. The minimum atomic E-state index is -0.425. The molecule has 0 aliphatic rings. The van der Waals surface area contributed by atoms with Crippen molar-refractivity contribution in [2.24, 2.45) is 7.05 Å². The fraction of sp³-hybridized carbons (Fsp3) is 0.375. The average Bonchev–Trinajstić information content (AvgIpc) is 2.88. The van der Waals surface area contributed by atoms with E-state index in [1.54, 1.807) is 36.9 Å². The third-order valence-electron chi connectivity index (χ3n) is 3.25. The molecule has 2 amide bonds. The van der Waals surface area contributed by atoms with Gasteiger partial charge >= 0.3 is 6.03 Å². The van der Waals surface area contributed by atoms with Crippen molar-refractivity contribution >= 4 is 11.8 Å². The number of halogens is 1. The van der Waals surface area contributed by atoms with Gasteiger partial charge in [-0.2, -0.15) is 5.10 Å². The van der Waals surface area contributed by atoms with E-state index in [0.29, 0.717) is 5.82 Å². The van der Waals surface area contributed by atoms with Gasteiger partial charge in [0.1, 0.15) is 11.9 Å². The summed E-state index contributed by atoms with van der Waals surface area (Å²) in [6, 6.07) is 7.62. The van der Waals surface area contributed by atoms with Crippen LogP contribution in [0.15, 0.2) is 30.3 Å². The molecule has 6 nitrogen and oxygen atoms in total. The predicted molar refractivity (Wildman–Crippen MR) is 86.1 cm³/mol. The van der Waals surface area contributed by atoms with E-state index in [1.807, 2.05) is 13.0 Å². The van der Waals surface area contributed by atoms with Crippen molar-refractivity contribution in [1.29, 1.82) is 0 Å². The van der Waals surface area contributed by atoms with Gasteiger partial charge in [0.15, 0.2) is 11.6 Å². The maximum absolute atomic E-state index is 13.5. The SMILES string of the molecule is CCc1cc(NC(=O)NC[C@@H](C)Oc2ccccc2F)n(C)n1. The zero-order valence-corrected chi connectivity index (χ0v) is 13.5. The van der Waals surface area contributed by atoms with Crippen LogP contribution < -0.4 is 15.4 Å². The molecule has 1 aromatic carbocycles. The molecule has 2 aromatic rings. The number of hydrogen-bond acceptors (Lipinski definition) is 3. The number of nitrogens with zero attached hydrogens (tertiary/aromatic N) is 2. The monoisotopic (exact) mass is 320 g/mol. The molecule has 2 rings (SSSR count). The Bertz CT molecular complexity index is 672. The van der Waals surface area contributed by atoms with E-state index in [-0.39, 0.29) is 24.4 Å². The standard InChI is InChI=1S/C16H21FN4O2/c1-4-12-9-15(21(3)20-12)19-16(22)18-10-11(2)23-14-8-6-5-7-13(14)17/h5-9,11H,4,10H2,1-3H3,(H2,18,19,22)/t11-/m1/s1. The quantitative estimate of drug-likeness (QED) is 0.860. The van der Waals surface area contributed by atoms with Gasteiger partial charge in [0.25, 0.3) is 0 Å². The van der Waals surface area contributed by atoms with Gasteiger partial charge in [0.2, 0.25) is 0 Å². The molecule has 0 saturated heterocycles. The molecule has 7 heteroatoms. The molecule has 2 N–H and O–H groups in total. The number of ether oxygens (including phenoxy) is 1. The van der Waals surface area contributed by atoms with Gasteiger partial charge in [-0.05, 0) is 25.5 Å². The molecule has 0 unspecified atom stereocenters. The number of nitrogens with one attached hydrogen (secondary N) is 2. The number of amides is 2. The van der Waals surface area contributed by atoms with Gasteiger partial charge in [0.05, 0.1) is 12.2 Å². The molecular formula is C16H21FN4O2. The number of urea groups is 1. The summed E-state index contributed by atoms with van der Waals surface area (Å²) >= 11 is 0. The first kappa shape index (κ1) is 16.8. The zero-order valence-electron chi connectivity index (χ0n) is 13.5. The van der Waals surface area contributed by atoms with E-state index in [1.165, 1.54) is 6.07 Å². The number of aryl methyl sites for hydroxylation is 2. The number of aromatic nitrogens is 2. The maximum atomic E-state index is 13.5. The van der Waals surface area contributed by atoms with E-state index in [2.05, 4.69) is 15.7 Å². The number of benzene rings is 1. The Morgan fingerprint density at radius 2 is 2.17 bits per heavy atom. The lowest BCUT2D eigenvalue weighted by atomic mass is 10.3. The summed E-state index contributed by atoms with van der Waals surface area (Å²) in [6.07, 6.45) is 0.431. The van der Waals surface area contributed by atoms with E-state index >= 15 is 0 Å². The Balaban J connectivity index is 1.81. The summed E-state index contributed by atoms with van der Waals surface area (Å²) in [5, 5.41) is 9.65. The molecule has 0 bridgehead atoms. The molecule has 1 aromatic heterocycles. The largest absolute Gasteiger partial charge is 0.486 e. The van der Waals surface area contributed by atoms with Gasteiger partial charge in [0, 0.05) is 13.1 Å². The van der Waals surface area contributed by atoms with Crippen molar-refractivity contribution in [3.05, 3.63) is 41.8 Å². The summed E-state index contributed by atoms with van der Waals surface area (Å²) in [7, 11) is 1.76. The highest BCUT2D eigenvalue weighted by atomic mass is 19.1. The zero-order chi connectivity index (χ0) is 16.8. The third kappa shape index (κ3) is 4.70. The van der Waals surface area contributed by atoms with Crippen LogP contribution in [0, 0.1) is 5.82 Å². The minimum Gasteiger partial charge on any atom is -0.486 e. The van der Waals surface area contributed by atoms with Crippen LogP contribution in [0.1, 0.15) is 19.5 Å². The summed E-state index contributed by atoms with van der Waals surface area (Å²) in [6.45, 7) is 4.00.